The van der Waals surface area contributed by atoms with Crippen LogP contribution in [0.2, 0.25) is 0 Å². The summed E-state index contributed by atoms with van der Waals surface area (Å²) >= 11 is 0. The van der Waals surface area contributed by atoms with E-state index in [4.69, 9.17) is 0 Å². The molecule has 1 aliphatic rings. The van der Waals surface area contributed by atoms with E-state index in [1.165, 1.54) is 16.7 Å². The Morgan fingerprint density at radius 1 is 1.00 bits per heavy atom. The lowest BCUT2D eigenvalue weighted by atomic mass is 9.90. The molecule has 2 atom stereocenters. The molecule has 1 heterocycles. The summed E-state index contributed by atoms with van der Waals surface area (Å²) in [6.07, 6.45) is 2.33. The number of aldehydes is 1. The van der Waals surface area contributed by atoms with Crippen LogP contribution in [-0.2, 0) is 25.6 Å². The second-order valence-electron chi connectivity index (χ2n) is 9.53. The fourth-order valence-corrected chi connectivity index (χ4v) is 4.48. The minimum absolute atomic E-state index is 0.0653. The van der Waals surface area contributed by atoms with Crippen LogP contribution in [0.25, 0.3) is 5.70 Å². The summed E-state index contributed by atoms with van der Waals surface area (Å²) in [4.78, 5) is 55.6. The highest BCUT2D eigenvalue weighted by atomic mass is 16.2. The summed E-state index contributed by atoms with van der Waals surface area (Å²) in [7, 11) is 0. The average molecular weight is 476 g/mol. The van der Waals surface area contributed by atoms with Crippen molar-refractivity contribution < 1.29 is 19.2 Å². The lowest BCUT2D eigenvalue weighted by Crippen LogP contribution is -2.68. The standard InChI is InChI=1S/C28H33N3O4/c1-19(2)25-27(35)31(28(18-32,29-21(5)33)16-22-12-8-6-9-13-22)24(23-14-10-7-11-15-23)17-30(25)26(34)20(3)4/h6-15,17-20,25H,16H2,1-5H3,(H,29,33)/t25?,28-/m0/s1. The molecule has 0 spiro atoms. The molecule has 184 valence electrons. The summed E-state index contributed by atoms with van der Waals surface area (Å²) in [6, 6.07) is 17.5. The maximum Gasteiger partial charge on any atom is 0.252 e. The maximum absolute atomic E-state index is 14.2. The molecule has 2 aromatic carbocycles. The molecule has 7 nitrogen and oxygen atoms in total. The minimum Gasteiger partial charge on any atom is -0.327 e. The van der Waals surface area contributed by atoms with Crippen LogP contribution in [0.1, 0.15) is 45.7 Å². The zero-order chi connectivity index (χ0) is 25.8. The zero-order valence-electron chi connectivity index (χ0n) is 20.9. The van der Waals surface area contributed by atoms with Gasteiger partial charge in [-0.05, 0) is 17.0 Å². The van der Waals surface area contributed by atoms with E-state index < -0.39 is 23.5 Å². The zero-order valence-corrected chi connectivity index (χ0v) is 20.9. The van der Waals surface area contributed by atoms with Gasteiger partial charge in [-0.3, -0.25) is 24.1 Å². The molecule has 2 aromatic rings. The van der Waals surface area contributed by atoms with Gasteiger partial charge in [-0.25, -0.2) is 0 Å². The molecule has 0 aliphatic carbocycles. The molecule has 0 fully saturated rings. The third-order valence-corrected chi connectivity index (χ3v) is 6.03. The van der Waals surface area contributed by atoms with Crippen molar-refractivity contribution in [1.29, 1.82) is 0 Å². The monoisotopic (exact) mass is 475 g/mol. The van der Waals surface area contributed by atoms with Gasteiger partial charge in [0.25, 0.3) is 5.91 Å². The fraction of sp³-hybridized carbons (Fsp3) is 0.357. The molecular weight excluding hydrogens is 442 g/mol. The number of benzene rings is 2. The van der Waals surface area contributed by atoms with Crippen LogP contribution < -0.4 is 5.32 Å². The van der Waals surface area contributed by atoms with Crippen LogP contribution in [0, 0.1) is 11.8 Å². The second-order valence-corrected chi connectivity index (χ2v) is 9.53. The number of amides is 3. The number of nitrogens with one attached hydrogen (secondary N) is 1. The summed E-state index contributed by atoms with van der Waals surface area (Å²) in [5.41, 5.74) is 0.106. The first kappa shape index (κ1) is 25.9. The predicted octanol–water partition coefficient (Wildman–Crippen LogP) is 3.61. The van der Waals surface area contributed by atoms with Gasteiger partial charge in [0.1, 0.15) is 6.04 Å². The topological polar surface area (TPSA) is 86.8 Å². The first-order valence-corrected chi connectivity index (χ1v) is 11.8. The summed E-state index contributed by atoms with van der Waals surface area (Å²) in [5.74, 6) is -1.63. The van der Waals surface area contributed by atoms with Crippen molar-refractivity contribution in [2.24, 2.45) is 11.8 Å². The van der Waals surface area contributed by atoms with Crippen LogP contribution in [0.15, 0.2) is 66.9 Å². The van der Waals surface area contributed by atoms with Crippen molar-refractivity contribution in [2.75, 3.05) is 0 Å². The number of hydrogen-bond donors (Lipinski definition) is 1. The van der Waals surface area contributed by atoms with Crippen molar-refractivity contribution in [2.45, 2.75) is 52.7 Å². The molecule has 3 rings (SSSR count). The Labute approximate surface area is 206 Å². The molecule has 1 aliphatic heterocycles. The SMILES string of the molecule is CC(=O)N[C@@](C=O)(Cc1ccccc1)N1C(=O)C(C(C)C)N(C(=O)C(C)C)C=C1c1ccccc1. The largest absolute Gasteiger partial charge is 0.327 e. The van der Waals surface area contributed by atoms with Crippen molar-refractivity contribution in [3.05, 3.63) is 78.0 Å². The van der Waals surface area contributed by atoms with Gasteiger partial charge in [0.15, 0.2) is 11.9 Å². The number of nitrogens with zero attached hydrogens (tertiary/aromatic N) is 2. The summed E-state index contributed by atoms with van der Waals surface area (Å²) in [6.45, 7) is 8.62. The maximum atomic E-state index is 14.2. The van der Waals surface area contributed by atoms with Gasteiger partial charge in [-0.15, -0.1) is 0 Å². The first-order chi connectivity index (χ1) is 16.6. The quantitative estimate of drug-likeness (QED) is 0.591. The van der Waals surface area contributed by atoms with E-state index in [-0.39, 0.29) is 24.2 Å². The highest BCUT2D eigenvalue weighted by molar-refractivity contribution is 6.01. The van der Waals surface area contributed by atoms with Crippen molar-refractivity contribution in [3.8, 4) is 0 Å². The van der Waals surface area contributed by atoms with E-state index in [2.05, 4.69) is 5.32 Å². The smallest absolute Gasteiger partial charge is 0.252 e. The van der Waals surface area contributed by atoms with Gasteiger partial charge in [0, 0.05) is 25.5 Å². The van der Waals surface area contributed by atoms with Gasteiger partial charge in [0.05, 0.1) is 5.70 Å². The van der Waals surface area contributed by atoms with Crippen LogP contribution in [0.5, 0.6) is 0 Å². The molecule has 0 saturated heterocycles. The summed E-state index contributed by atoms with van der Waals surface area (Å²) in [5, 5.41) is 2.77. The summed E-state index contributed by atoms with van der Waals surface area (Å²) < 4.78 is 0. The van der Waals surface area contributed by atoms with Gasteiger partial charge in [0.2, 0.25) is 11.8 Å². The molecule has 0 radical (unpaired) electrons. The van der Waals surface area contributed by atoms with Crippen LogP contribution in [0.3, 0.4) is 0 Å². The van der Waals surface area contributed by atoms with E-state index in [0.717, 1.165) is 5.56 Å². The van der Waals surface area contributed by atoms with Crippen molar-refractivity contribution >= 4 is 29.7 Å². The van der Waals surface area contributed by atoms with Crippen molar-refractivity contribution in [1.82, 2.24) is 15.1 Å². The highest BCUT2D eigenvalue weighted by Gasteiger charge is 2.50. The molecule has 0 bridgehead atoms. The molecule has 3 amide bonds. The van der Waals surface area contributed by atoms with E-state index in [0.29, 0.717) is 17.5 Å². The Hall–Kier alpha value is -3.74. The van der Waals surface area contributed by atoms with Crippen molar-refractivity contribution in [3.63, 3.8) is 0 Å². The molecule has 0 saturated carbocycles. The molecule has 0 aromatic heterocycles. The van der Waals surface area contributed by atoms with E-state index >= 15 is 0 Å². The Morgan fingerprint density at radius 2 is 1.57 bits per heavy atom. The molecule has 35 heavy (non-hydrogen) atoms. The minimum atomic E-state index is -1.69. The number of hydrogen-bond acceptors (Lipinski definition) is 4. The normalized spacial score (nSPS) is 17.7. The Balaban J connectivity index is 2.30. The second kappa shape index (κ2) is 10.7. The number of carbonyl (C=O) groups excluding carboxylic acids is 4. The van der Waals surface area contributed by atoms with Crippen LogP contribution >= 0.6 is 0 Å². The molecule has 1 unspecified atom stereocenters. The molecular formula is C28H33N3O4. The van der Waals surface area contributed by atoms with Crippen LogP contribution in [-0.4, -0.2) is 45.5 Å². The lowest BCUT2D eigenvalue weighted by molar-refractivity contribution is -0.153. The van der Waals surface area contributed by atoms with E-state index in [1.807, 2.05) is 74.5 Å². The van der Waals surface area contributed by atoms with E-state index in [9.17, 15) is 19.2 Å². The number of carbonyl (C=O) groups is 4. The third-order valence-electron chi connectivity index (χ3n) is 6.03. The van der Waals surface area contributed by atoms with E-state index in [1.54, 1.807) is 20.0 Å². The van der Waals surface area contributed by atoms with Gasteiger partial charge >= 0.3 is 0 Å². The first-order valence-electron chi connectivity index (χ1n) is 11.8. The van der Waals surface area contributed by atoms with Gasteiger partial charge in [-0.1, -0.05) is 88.4 Å². The average Bonchev–Trinajstić information content (AvgIpc) is 2.83. The van der Waals surface area contributed by atoms with Gasteiger partial charge in [-0.2, -0.15) is 0 Å². The third kappa shape index (κ3) is 5.34. The molecule has 7 heteroatoms. The lowest BCUT2D eigenvalue weighted by Gasteiger charge is -2.48. The molecule has 1 N–H and O–H groups in total. The highest BCUT2D eigenvalue weighted by Crippen LogP contribution is 2.36. The predicted molar refractivity (Wildman–Crippen MR) is 134 cm³/mol. The Bertz CT molecular complexity index is 1110. The fourth-order valence-electron chi connectivity index (χ4n) is 4.48. The van der Waals surface area contributed by atoms with Crippen LogP contribution in [0.4, 0.5) is 0 Å². The van der Waals surface area contributed by atoms with Gasteiger partial charge < -0.3 is 10.2 Å². The Kier molecular flexibility index (Phi) is 7.89. The number of rotatable bonds is 8. The Morgan fingerprint density at radius 3 is 2.06 bits per heavy atom.